The molecular formula is C15H16ClN5O. The van der Waals surface area contributed by atoms with Gasteiger partial charge in [0.1, 0.15) is 0 Å². The highest BCUT2D eigenvalue weighted by molar-refractivity contribution is 5.85. The Kier molecular flexibility index (Phi) is 5.08. The van der Waals surface area contributed by atoms with E-state index in [1.165, 1.54) is 4.68 Å². The molecule has 3 rings (SSSR count). The minimum absolute atomic E-state index is 0. The molecule has 7 heteroatoms. The van der Waals surface area contributed by atoms with Crippen LogP contribution >= 0.6 is 12.4 Å². The Morgan fingerprint density at radius 2 is 2.14 bits per heavy atom. The zero-order chi connectivity index (χ0) is 14.7. The molecule has 0 atom stereocenters. The van der Waals surface area contributed by atoms with Gasteiger partial charge >= 0.3 is 0 Å². The lowest BCUT2D eigenvalue weighted by Gasteiger charge is -2.02. The predicted octanol–water partition coefficient (Wildman–Crippen LogP) is 1.76. The van der Waals surface area contributed by atoms with Gasteiger partial charge in [-0.05, 0) is 24.7 Å². The second-order valence-corrected chi connectivity index (χ2v) is 4.62. The second-order valence-electron chi connectivity index (χ2n) is 4.62. The van der Waals surface area contributed by atoms with E-state index in [-0.39, 0.29) is 18.0 Å². The minimum atomic E-state index is -0.142. The van der Waals surface area contributed by atoms with Crippen LogP contribution in [0.4, 0.5) is 0 Å². The van der Waals surface area contributed by atoms with Crippen molar-refractivity contribution >= 4 is 12.4 Å². The van der Waals surface area contributed by atoms with E-state index in [1.807, 2.05) is 25.2 Å². The molecule has 3 heterocycles. The summed E-state index contributed by atoms with van der Waals surface area (Å²) in [6.45, 7) is 0.744. The first kappa shape index (κ1) is 15.9. The Morgan fingerprint density at radius 1 is 1.27 bits per heavy atom. The van der Waals surface area contributed by atoms with E-state index in [4.69, 9.17) is 0 Å². The third-order valence-corrected chi connectivity index (χ3v) is 3.16. The third-order valence-electron chi connectivity index (χ3n) is 3.16. The SMILES string of the molecule is CNCc1ccc(-n2[nH]cc(-c3cccnc3)c2=O)nc1.Cl. The van der Waals surface area contributed by atoms with Crippen LogP contribution < -0.4 is 10.9 Å². The quantitative estimate of drug-likeness (QED) is 0.769. The topological polar surface area (TPSA) is 75.6 Å². The fraction of sp³-hybridized carbons (Fsp3) is 0.133. The number of aromatic amines is 1. The maximum atomic E-state index is 12.4. The van der Waals surface area contributed by atoms with Crippen molar-refractivity contribution in [3.8, 4) is 16.9 Å². The van der Waals surface area contributed by atoms with Crippen LogP contribution in [-0.4, -0.2) is 26.8 Å². The van der Waals surface area contributed by atoms with E-state index in [2.05, 4.69) is 20.4 Å². The van der Waals surface area contributed by atoms with Gasteiger partial charge in [0, 0.05) is 36.9 Å². The molecule has 0 aliphatic carbocycles. The van der Waals surface area contributed by atoms with Crippen molar-refractivity contribution in [3.05, 3.63) is 65.0 Å². The van der Waals surface area contributed by atoms with Crippen LogP contribution in [0.2, 0.25) is 0 Å². The number of H-pyrrole nitrogens is 1. The molecule has 0 bridgehead atoms. The Hall–Kier alpha value is -2.44. The first-order valence-corrected chi connectivity index (χ1v) is 6.60. The Balaban J connectivity index is 0.00000176. The van der Waals surface area contributed by atoms with Crippen LogP contribution in [0.25, 0.3) is 16.9 Å². The summed E-state index contributed by atoms with van der Waals surface area (Å²) in [7, 11) is 1.88. The molecule has 6 nitrogen and oxygen atoms in total. The maximum absolute atomic E-state index is 12.4. The van der Waals surface area contributed by atoms with E-state index >= 15 is 0 Å². The smallest absolute Gasteiger partial charge is 0.280 e. The molecule has 0 aromatic carbocycles. The van der Waals surface area contributed by atoms with Crippen LogP contribution in [0.15, 0.2) is 53.8 Å². The molecule has 0 saturated heterocycles. The number of pyridine rings is 2. The first-order valence-electron chi connectivity index (χ1n) is 6.60. The largest absolute Gasteiger partial charge is 0.316 e. The number of nitrogens with one attached hydrogen (secondary N) is 2. The van der Waals surface area contributed by atoms with Crippen LogP contribution in [0.1, 0.15) is 5.56 Å². The molecule has 0 aliphatic rings. The highest BCUT2D eigenvalue weighted by Gasteiger charge is 2.10. The van der Waals surface area contributed by atoms with Crippen molar-refractivity contribution in [2.24, 2.45) is 0 Å². The second kappa shape index (κ2) is 7.02. The van der Waals surface area contributed by atoms with Gasteiger partial charge in [-0.25, -0.2) is 9.67 Å². The van der Waals surface area contributed by atoms with Gasteiger partial charge in [0.25, 0.3) is 5.56 Å². The van der Waals surface area contributed by atoms with Gasteiger partial charge in [-0.3, -0.25) is 14.9 Å². The molecule has 114 valence electrons. The molecule has 0 spiro atoms. The number of halogens is 1. The molecule has 0 fully saturated rings. The lowest BCUT2D eigenvalue weighted by atomic mass is 10.2. The van der Waals surface area contributed by atoms with Crippen LogP contribution in [0.3, 0.4) is 0 Å². The summed E-state index contributed by atoms with van der Waals surface area (Å²) in [6, 6.07) is 7.41. The lowest BCUT2D eigenvalue weighted by Crippen LogP contribution is -2.17. The maximum Gasteiger partial charge on any atom is 0.280 e. The Bertz CT molecular complexity index is 780. The number of hydrogen-bond acceptors (Lipinski definition) is 4. The number of rotatable bonds is 4. The van der Waals surface area contributed by atoms with Gasteiger partial charge < -0.3 is 5.32 Å². The lowest BCUT2D eigenvalue weighted by molar-refractivity contribution is 0.793. The van der Waals surface area contributed by atoms with Crippen LogP contribution in [-0.2, 0) is 6.54 Å². The third kappa shape index (κ3) is 3.08. The van der Waals surface area contributed by atoms with Crippen molar-refractivity contribution in [1.29, 1.82) is 0 Å². The number of aromatic nitrogens is 4. The normalized spacial score (nSPS) is 10.2. The standard InChI is InChI=1S/C15H15N5O.ClH/c1-16-7-11-4-5-14(18-8-11)20-15(21)13(10-19-20)12-3-2-6-17-9-12;/h2-6,8-10,16,19H,7H2,1H3;1H. The van der Waals surface area contributed by atoms with Crippen molar-refractivity contribution < 1.29 is 0 Å². The van der Waals surface area contributed by atoms with Gasteiger partial charge in [-0.2, -0.15) is 0 Å². The van der Waals surface area contributed by atoms with E-state index in [0.717, 1.165) is 17.7 Å². The Labute approximate surface area is 133 Å². The molecule has 0 radical (unpaired) electrons. The highest BCUT2D eigenvalue weighted by Crippen LogP contribution is 2.13. The molecule has 3 aromatic rings. The predicted molar refractivity (Wildman–Crippen MR) is 87.4 cm³/mol. The molecular weight excluding hydrogens is 302 g/mol. The summed E-state index contributed by atoms with van der Waals surface area (Å²) in [5, 5.41) is 6.00. The summed E-state index contributed by atoms with van der Waals surface area (Å²) in [6.07, 6.45) is 6.76. The fourth-order valence-electron chi connectivity index (χ4n) is 2.13. The first-order chi connectivity index (χ1) is 10.3. The molecule has 2 N–H and O–H groups in total. The van der Waals surface area contributed by atoms with E-state index in [0.29, 0.717) is 11.4 Å². The molecule has 0 aliphatic heterocycles. The molecule has 22 heavy (non-hydrogen) atoms. The van der Waals surface area contributed by atoms with E-state index < -0.39 is 0 Å². The van der Waals surface area contributed by atoms with Gasteiger partial charge in [0.2, 0.25) is 0 Å². The monoisotopic (exact) mass is 317 g/mol. The van der Waals surface area contributed by atoms with E-state index in [9.17, 15) is 4.79 Å². The van der Waals surface area contributed by atoms with Crippen molar-refractivity contribution in [3.63, 3.8) is 0 Å². The number of nitrogens with zero attached hydrogens (tertiary/aromatic N) is 3. The Morgan fingerprint density at radius 3 is 2.77 bits per heavy atom. The summed E-state index contributed by atoms with van der Waals surface area (Å²) in [4.78, 5) is 20.8. The molecule has 0 unspecified atom stereocenters. The van der Waals surface area contributed by atoms with Gasteiger partial charge in [0.05, 0.1) is 5.56 Å². The summed E-state index contributed by atoms with van der Waals surface area (Å²) in [5.74, 6) is 0.565. The fourth-order valence-corrected chi connectivity index (χ4v) is 2.13. The molecule has 0 amide bonds. The summed E-state index contributed by atoms with van der Waals surface area (Å²) in [5.41, 5.74) is 2.28. The van der Waals surface area contributed by atoms with Gasteiger partial charge in [-0.15, -0.1) is 12.4 Å². The van der Waals surface area contributed by atoms with Gasteiger partial charge in [-0.1, -0.05) is 12.1 Å². The van der Waals surface area contributed by atoms with Crippen molar-refractivity contribution in [2.75, 3.05) is 7.05 Å². The van der Waals surface area contributed by atoms with Gasteiger partial charge in [0.15, 0.2) is 5.82 Å². The zero-order valence-electron chi connectivity index (χ0n) is 12.0. The van der Waals surface area contributed by atoms with Crippen LogP contribution in [0, 0.1) is 0 Å². The zero-order valence-corrected chi connectivity index (χ0v) is 12.8. The van der Waals surface area contributed by atoms with Crippen molar-refractivity contribution in [2.45, 2.75) is 6.54 Å². The summed E-state index contributed by atoms with van der Waals surface area (Å²) < 4.78 is 1.42. The molecule has 0 saturated carbocycles. The molecule has 3 aromatic heterocycles. The minimum Gasteiger partial charge on any atom is -0.316 e. The van der Waals surface area contributed by atoms with E-state index in [1.54, 1.807) is 30.9 Å². The average Bonchev–Trinajstić information content (AvgIpc) is 2.91. The van der Waals surface area contributed by atoms with Crippen molar-refractivity contribution in [1.82, 2.24) is 25.1 Å². The summed E-state index contributed by atoms with van der Waals surface area (Å²) >= 11 is 0. The highest BCUT2D eigenvalue weighted by atomic mass is 35.5. The van der Waals surface area contributed by atoms with Crippen LogP contribution in [0.5, 0.6) is 0 Å². The average molecular weight is 318 g/mol. The number of hydrogen-bond donors (Lipinski definition) is 2.